The molecule has 9 aromatic carbocycles. The first-order valence-corrected chi connectivity index (χ1v) is 22.3. The highest BCUT2D eigenvalue weighted by molar-refractivity contribution is 6.22. The number of nitrogens with zero attached hydrogens (tertiary/aromatic N) is 2. The number of hydrogen-bond acceptors (Lipinski definition) is 0. The Kier molecular flexibility index (Phi) is 9.78. The number of hydrogen-bond donors (Lipinski definition) is 0. The number of benzene rings is 9. The van der Waals surface area contributed by atoms with Crippen LogP contribution in [0.2, 0.25) is 0 Å². The smallest absolute Gasteiger partial charge is 0.0535 e. The van der Waals surface area contributed by atoms with Gasteiger partial charge in [-0.2, -0.15) is 0 Å². The lowest BCUT2D eigenvalue weighted by atomic mass is 9.84. The zero-order valence-corrected chi connectivity index (χ0v) is 36.7. The van der Waals surface area contributed by atoms with Crippen molar-refractivity contribution in [3.63, 3.8) is 0 Å². The van der Waals surface area contributed by atoms with E-state index in [0.29, 0.717) is 0 Å². The van der Waals surface area contributed by atoms with Crippen molar-refractivity contribution in [1.29, 1.82) is 0 Å². The van der Waals surface area contributed by atoms with E-state index in [-0.39, 0.29) is 0 Å². The Morgan fingerprint density at radius 1 is 0.234 bits per heavy atom. The Balaban J connectivity index is 1.26. The Morgan fingerprint density at radius 2 is 0.547 bits per heavy atom. The van der Waals surface area contributed by atoms with Crippen LogP contribution in [0.4, 0.5) is 0 Å². The van der Waals surface area contributed by atoms with Gasteiger partial charge in [0.2, 0.25) is 0 Å². The minimum Gasteiger partial charge on any atom is -0.309 e. The van der Waals surface area contributed by atoms with Crippen LogP contribution in [0.15, 0.2) is 218 Å². The molecule has 11 rings (SSSR count). The van der Waals surface area contributed by atoms with Crippen LogP contribution >= 0.6 is 0 Å². The predicted molar refractivity (Wildman–Crippen MR) is 272 cm³/mol. The van der Waals surface area contributed by atoms with Crippen LogP contribution in [0.1, 0.15) is 22.3 Å². The second-order valence-electron chi connectivity index (χ2n) is 17.2. The zero-order valence-electron chi connectivity index (χ0n) is 36.7. The molecule has 0 amide bonds. The molecule has 0 aliphatic carbocycles. The van der Waals surface area contributed by atoms with Crippen LogP contribution in [-0.4, -0.2) is 9.13 Å². The molecule has 0 fully saturated rings. The second kappa shape index (κ2) is 16.1. The third-order valence-electron chi connectivity index (χ3n) is 13.2. The van der Waals surface area contributed by atoms with Gasteiger partial charge in [0.15, 0.2) is 0 Å². The van der Waals surface area contributed by atoms with Crippen molar-refractivity contribution in [2.75, 3.05) is 0 Å². The molecule has 0 spiro atoms. The average Bonchev–Trinajstić information content (AvgIpc) is 4.00. The summed E-state index contributed by atoms with van der Waals surface area (Å²) in [5.74, 6) is 0. The highest BCUT2D eigenvalue weighted by atomic mass is 15.0. The summed E-state index contributed by atoms with van der Waals surface area (Å²) in [7, 11) is 0. The van der Waals surface area contributed by atoms with Crippen LogP contribution in [0.3, 0.4) is 0 Å². The van der Waals surface area contributed by atoms with Crippen LogP contribution in [0.5, 0.6) is 0 Å². The molecule has 0 saturated carbocycles. The first-order valence-electron chi connectivity index (χ1n) is 22.3. The highest BCUT2D eigenvalue weighted by Crippen LogP contribution is 2.47. The summed E-state index contributed by atoms with van der Waals surface area (Å²) in [6.07, 6.45) is 0. The molecule has 0 aliphatic rings. The first-order chi connectivity index (χ1) is 31.4. The fraction of sp³-hybridized carbons (Fsp3) is 0.0645. The summed E-state index contributed by atoms with van der Waals surface area (Å²) < 4.78 is 4.89. The summed E-state index contributed by atoms with van der Waals surface area (Å²) in [4.78, 5) is 0. The van der Waals surface area contributed by atoms with Gasteiger partial charge in [-0.05, 0) is 165 Å². The second-order valence-corrected chi connectivity index (χ2v) is 17.2. The van der Waals surface area contributed by atoms with Crippen molar-refractivity contribution in [2.24, 2.45) is 0 Å². The van der Waals surface area contributed by atoms with E-state index in [9.17, 15) is 0 Å². The van der Waals surface area contributed by atoms with Crippen LogP contribution in [-0.2, 0) is 0 Å². The maximum Gasteiger partial charge on any atom is 0.0535 e. The summed E-state index contributed by atoms with van der Waals surface area (Å²) >= 11 is 0. The molecule has 0 unspecified atom stereocenters. The molecule has 11 aromatic rings. The Morgan fingerprint density at radius 3 is 0.844 bits per heavy atom. The van der Waals surface area contributed by atoms with Gasteiger partial charge >= 0.3 is 0 Å². The summed E-state index contributed by atoms with van der Waals surface area (Å²) in [5.41, 5.74) is 21.6. The molecule has 2 heterocycles. The third kappa shape index (κ3) is 6.76. The lowest BCUT2D eigenvalue weighted by Gasteiger charge is -2.22. The molecule has 2 aromatic heterocycles. The molecule has 0 bridgehead atoms. The van der Waals surface area contributed by atoms with Gasteiger partial charge in [0.05, 0.1) is 22.8 Å². The van der Waals surface area contributed by atoms with Gasteiger partial charge in [-0.1, -0.05) is 170 Å². The average molecular weight is 821 g/mol. The molecule has 0 N–H and O–H groups in total. The normalized spacial score (nSPS) is 11.4. The van der Waals surface area contributed by atoms with E-state index in [4.69, 9.17) is 0 Å². The fourth-order valence-corrected chi connectivity index (χ4v) is 9.67. The van der Waals surface area contributed by atoms with Gasteiger partial charge in [0.25, 0.3) is 0 Å². The number of rotatable bonds is 8. The SMILES string of the molecule is Cc1ccc(-c2c3ccc(-n4c(-c5ccccc5)ccc4-c4ccccc4)cc3c(-c3ccc(C)c(C)c3)c3ccc(-n4c(-c5ccccc5)ccc4-c4ccccc4)cc23)cc1C. The van der Waals surface area contributed by atoms with Gasteiger partial charge in [-0.15, -0.1) is 0 Å². The Labute approximate surface area is 376 Å². The maximum absolute atomic E-state index is 2.45. The van der Waals surface area contributed by atoms with E-state index in [1.54, 1.807) is 0 Å². The molecule has 2 heteroatoms. The molecule has 0 aliphatic heterocycles. The van der Waals surface area contributed by atoms with Gasteiger partial charge in [-0.25, -0.2) is 0 Å². The lowest BCUT2D eigenvalue weighted by molar-refractivity contribution is 1.10. The lowest BCUT2D eigenvalue weighted by Crippen LogP contribution is -2.02. The summed E-state index contributed by atoms with van der Waals surface area (Å²) in [5, 5.41) is 4.88. The maximum atomic E-state index is 2.45. The van der Waals surface area contributed by atoms with Crippen molar-refractivity contribution < 1.29 is 0 Å². The Bertz CT molecular complexity index is 3150. The topological polar surface area (TPSA) is 9.86 Å². The van der Waals surface area contributed by atoms with E-state index in [1.165, 1.54) is 88.3 Å². The molecule has 0 saturated heterocycles. The minimum absolute atomic E-state index is 1.12. The van der Waals surface area contributed by atoms with Crippen molar-refractivity contribution in [2.45, 2.75) is 27.7 Å². The van der Waals surface area contributed by atoms with Gasteiger partial charge in [0, 0.05) is 11.4 Å². The summed E-state index contributed by atoms with van der Waals surface area (Å²) in [6, 6.07) is 80.4. The zero-order chi connectivity index (χ0) is 43.3. The minimum atomic E-state index is 1.12. The number of aryl methyl sites for hydroxylation is 4. The van der Waals surface area contributed by atoms with E-state index >= 15 is 0 Å². The van der Waals surface area contributed by atoms with E-state index in [2.05, 4.69) is 255 Å². The molecular weight excluding hydrogens is 773 g/mol. The molecule has 0 radical (unpaired) electrons. The molecule has 64 heavy (non-hydrogen) atoms. The third-order valence-corrected chi connectivity index (χ3v) is 13.2. The van der Waals surface area contributed by atoms with Gasteiger partial charge in [-0.3, -0.25) is 0 Å². The van der Waals surface area contributed by atoms with Crippen molar-refractivity contribution >= 4 is 21.5 Å². The van der Waals surface area contributed by atoms with Gasteiger partial charge in [0.1, 0.15) is 0 Å². The van der Waals surface area contributed by atoms with Crippen LogP contribution < -0.4 is 0 Å². The fourth-order valence-electron chi connectivity index (χ4n) is 9.67. The molecule has 2 nitrogen and oxygen atoms in total. The van der Waals surface area contributed by atoms with Crippen molar-refractivity contribution in [3.8, 4) is 78.7 Å². The molecular formula is C62H48N2. The largest absolute Gasteiger partial charge is 0.309 e. The van der Waals surface area contributed by atoms with E-state index < -0.39 is 0 Å². The van der Waals surface area contributed by atoms with Crippen LogP contribution in [0.25, 0.3) is 100 Å². The quantitative estimate of drug-likeness (QED) is 0.135. The summed E-state index contributed by atoms with van der Waals surface area (Å²) in [6.45, 7) is 8.88. The molecule has 0 atom stereocenters. The van der Waals surface area contributed by atoms with Gasteiger partial charge < -0.3 is 9.13 Å². The van der Waals surface area contributed by atoms with Crippen molar-refractivity contribution in [1.82, 2.24) is 9.13 Å². The monoisotopic (exact) mass is 820 g/mol. The molecule has 306 valence electrons. The number of fused-ring (bicyclic) bond motifs is 2. The highest BCUT2D eigenvalue weighted by Gasteiger charge is 2.22. The number of aromatic nitrogens is 2. The van der Waals surface area contributed by atoms with Crippen molar-refractivity contribution in [3.05, 3.63) is 241 Å². The Hall–Kier alpha value is -7.94. The standard InChI is InChI=1S/C62H48N2/c1-41-25-27-49(37-43(41)3)61-53-31-29-52(64-59(47-21-13-7-14-22-47)35-36-60(64)48-23-15-8-16-24-48)40-56(53)62(50-28-26-42(2)44(4)38-50)54-32-30-51(39-55(54)61)63-57(45-17-9-5-10-18-45)33-34-58(63)46-19-11-6-12-20-46/h5-40H,1-4H3. The van der Waals surface area contributed by atoms with Crippen LogP contribution in [0, 0.1) is 27.7 Å². The first kappa shape index (κ1) is 38.9. The van der Waals surface area contributed by atoms with E-state index in [0.717, 1.165) is 34.2 Å². The predicted octanol–water partition coefficient (Wildman–Crippen LogP) is 16.8. The van der Waals surface area contributed by atoms with E-state index in [1.807, 2.05) is 0 Å².